The van der Waals surface area contributed by atoms with Gasteiger partial charge in [-0.3, -0.25) is 14.2 Å². The van der Waals surface area contributed by atoms with Gasteiger partial charge < -0.3 is 5.32 Å². The molecule has 31 heavy (non-hydrogen) atoms. The molecule has 0 unspecified atom stereocenters. The van der Waals surface area contributed by atoms with Crippen molar-refractivity contribution in [2.45, 2.75) is 5.16 Å². The number of thioether (sulfide) groups is 1. The molecule has 0 spiro atoms. The molecule has 4 aromatic rings. The fourth-order valence-corrected chi connectivity index (χ4v) is 3.91. The fourth-order valence-electron chi connectivity index (χ4n) is 2.93. The van der Waals surface area contributed by atoms with E-state index in [-0.39, 0.29) is 27.2 Å². The van der Waals surface area contributed by atoms with E-state index in [0.29, 0.717) is 16.6 Å². The second kappa shape index (κ2) is 8.87. The van der Waals surface area contributed by atoms with Gasteiger partial charge >= 0.3 is 0 Å². The third-order valence-electron chi connectivity index (χ3n) is 4.37. The van der Waals surface area contributed by atoms with Gasteiger partial charge in [-0.2, -0.15) is 0 Å². The van der Waals surface area contributed by atoms with E-state index >= 15 is 0 Å². The van der Waals surface area contributed by atoms with E-state index in [1.165, 1.54) is 41.0 Å². The largest absolute Gasteiger partial charge is 0.323 e. The van der Waals surface area contributed by atoms with Gasteiger partial charge in [-0.15, -0.1) is 0 Å². The predicted molar refractivity (Wildman–Crippen MR) is 118 cm³/mol. The lowest BCUT2D eigenvalue weighted by Gasteiger charge is -2.13. The first kappa shape index (κ1) is 21.0. The molecule has 0 bridgehead atoms. The van der Waals surface area contributed by atoms with Crippen molar-refractivity contribution >= 4 is 45.9 Å². The van der Waals surface area contributed by atoms with E-state index < -0.39 is 17.5 Å². The smallest absolute Gasteiger partial charge is 0.266 e. The maximum absolute atomic E-state index is 13.9. The van der Waals surface area contributed by atoms with Crippen LogP contribution in [0.3, 0.4) is 0 Å². The molecule has 0 aliphatic rings. The Bertz CT molecular complexity index is 1340. The molecule has 1 heterocycles. The lowest BCUT2D eigenvalue weighted by atomic mass is 10.2. The standard InChI is InChI=1S/C22H14ClF2N3O2S/c23-13-5-10-19(17(25)11-13)26-20(29)12-31-22-27-18-4-2-1-3-16(18)21(30)28(22)15-8-6-14(24)7-9-15/h1-11H,12H2,(H,26,29). The lowest BCUT2D eigenvalue weighted by molar-refractivity contribution is -0.113. The summed E-state index contributed by atoms with van der Waals surface area (Å²) in [5, 5.41) is 3.33. The Labute approximate surface area is 184 Å². The van der Waals surface area contributed by atoms with Crippen LogP contribution in [-0.2, 0) is 4.79 Å². The minimum atomic E-state index is -0.655. The number of para-hydroxylation sites is 1. The molecule has 1 aromatic heterocycles. The highest BCUT2D eigenvalue weighted by molar-refractivity contribution is 7.99. The van der Waals surface area contributed by atoms with Crippen LogP contribution in [-0.4, -0.2) is 21.2 Å². The zero-order valence-corrected chi connectivity index (χ0v) is 17.4. The highest BCUT2D eigenvalue weighted by Gasteiger charge is 2.15. The van der Waals surface area contributed by atoms with Crippen LogP contribution in [0, 0.1) is 11.6 Å². The molecule has 1 N–H and O–H groups in total. The van der Waals surface area contributed by atoms with E-state index in [1.54, 1.807) is 24.3 Å². The van der Waals surface area contributed by atoms with Gasteiger partial charge in [-0.25, -0.2) is 13.8 Å². The van der Waals surface area contributed by atoms with Crippen molar-refractivity contribution in [2.75, 3.05) is 11.1 Å². The number of anilines is 1. The Hall–Kier alpha value is -3.23. The number of hydrogen-bond donors (Lipinski definition) is 1. The van der Waals surface area contributed by atoms with Gasteiger partial charge in [0.25, 0.3) is 5.56 Å². The molecule has 4 rings (SSSR count). The van der Waals surface area contributed by atoms with Crippen molar-refractivity contribution in [3.05, 3.63) is 93.7 Å². The van der Waals surface area contributed by atoms with Crippen LogP contribution < -0.4 is 10.9 Å². The van der Waals surface area contributed by atoms with Crippen LogP contribution in [0.2, 0.25) is 5.02 Å². The molecule has 1 amide bonds. The third kappa shape index (κ3) is 4.60. The number of aromatic nitrogens is 2. The number of nitrogens with one attached hydrogen (secondary N) is 1. The highest BCUT2D eigenvalue weighted by atomic mass is 35.5. The Morgan fingerprint density at radius 1 is 1.06 bits per heavy atom. The molecule has 0 aliphatic carbocycles. The first-order valence-electron chi connectivity index (χ1n) is 9.08. The number of amides is 1. The normalized spacial score (nSPS) is 10.9. The molecule has 156 valence electrons. The molecule has 9 heteroatoms. The van der Waals surface area contributed by atoms with Crippen LogP contribution in [0.25, 0.3) is 16.6 Å². The molecule has 0 saturated carbocycles. The average Bonchev–Trinajstić information content (AvgIpc) is 2.75. The van der Waals surface area contributed by atoms with E-state index in [1.807, 2.05) is 0 Å². The first-order chi connectivity index (χ1) is 14.9. The van der Waals surface area contributed by atoms with E-state index in [4.69, 9.17) is 11.6 Å². The zero-order chi connectivity index (χ0) is 22.0. The summed E-state index contributed by atoms with van der Waals surface area (Å²) in [6.45, 7) is 0. The van der Waals surface area contributed by atoms with Crippen LogP contribution >= 0.6 is 23.4 Å². The Kier molecular flexibility index (Phi) is 6.01. The molecule has 3 aromatic carbocycles. The zero-order valence-electron chi connectivity index (χ0n) is 15.8. The van der Waals surface area contributed by atoms with E-state index in [9.17, 15) is 18.4 Å². The lowest BCUT2D eigenvalue weighted by Crippen LogP contribution is -2.23. The molecule has 5 nitrogen and oxygen atoms in total. The Morgan fingerprint density at radius 2 is 1.81 bits per heavy atom. The Morgan fingerprint density at radius 3 is 2.55 bits per heavy atom. The minimum absolute atomic E-state index is 0.00241. The van der Waals surface area contributed by atoms with E-state index in [2.05, 4.69) is 10.3 Å². The van der Waals surface area contributed by atoms with Crippen molar-refractivity contribution in [2.24, 2.45) is 0 Å². The molecule has 0 fully saturated rings. The number of nitrogens with zero attached hydrogens (tertiary/aromatic N) is 2. The maximum atomic E-state index is 13.9. The van der Waals surface area contributed by atoms with Crippen LogP contribution in [0.15, 0.2) is 76.7 Å². The topological polar surface area (TPSA) is 64.0 Å². The number of carbonyl (C=O) groups excluding carboxylic acids is 1. The van der Waals surface area contributed by atoms with Crippen LogP contribution in [0.5, 0.6) is 0 Å². The first-order valence-corrected chi connectivity index (χ1v) is 10.4. The van der Waals surface area contributed by atoms with Gasteiger partial charge in [-0.1, -0.05) is 35.5 Å². The molecular weight excluding hydrogens is 444 g/mol. The van der Waals surface area contributed by atoms with Crippen molar-refractivity contribution in [3.63, 3.8) is 0 Å². The van der Waals surface area contributed by atoms with Gasteiger partial charge in [-0.05, 0) is 54.6 Å². The van der Waals surface area contributed by atoms with Crippen molar-refractivity contribution in [1.29, 1.82) is 0 Å². The number of benzene rings is 3. The minimum Gasteiger partial charge on any atom is -0.323 e. The molecule has 0 aliphatic heterocycles. The summed E-state index contributed by atoms with van der Waals surface area (Å²) in [6.07, 6.45) is 0. The maximum Gasteiger partial charge on any atom is 0.266 e. The number of carbonyl (C=O) groups is 1. The molecule has 0 saturated heterocycles. The monoisotopic (exact) mass is 457 g/mol. The number of fused-ring (bicyclic) bond motifs is 1. The highest BCUT2D eigenvalue weighted by Crippen LogP contribution is 2.23. The summed E-state index contributed by atoms with van der Waals surface area (Å²) in [5.74, 6) is -1.71. The molecule has 0 radical (unpaired) electrons. The van der Waals surface area contributed by atoms with Crippen molar-refractivity contribution < 1.29 is 13.6 Å². The number of hydrogen-bond acceptors (Lipinski definition) is 4. The molecule has 0 atom stereocenters. The second-order valence-electron chi connectivity index (χ2n) is 6.49. The third-order valence-corrected chi connectivity index (χ3v) is 5.54. The van der Waals surface area contributed by atoms with Gasteiger partial charge in [0.2, 0.25) is 5.91 Å². The molecular formula is C22H14ClF2N3O2S. The Balaban J connectivity index is 1.66. The second-order valence-corrected chi connectivity index (χ2v) is 7.87. The summed E-state index contributed by atoms with van der Waals surface area (Å²) in [7, 11) is 0. The summed E-state index contributed by atoms with van der Waals surface area (Å²) < 4.78 is 28.6. The summed E-state index contributed by atoms with van der Waals surface area (Å²) in [6, 6.07) is 16.1. The van der Waals surface area contributed by atoms with Gasteiger partial charge in [0, 0.05) is 5.02 Å². The SMILES string of the molecule is O=C(CSc1nc2ccccc2c(=O)n1-c1ccc(F)cc1)Nc1ccc(Cl)cc1F. The van der Waals surface area contributed by atoms with Gasteiger partial charge in [0.05, 0.1) is 28.0 Å². The average molecular weight is 458 g/mol. The van der Waals surface area contributed by atoms with E-state index in [0.717, 1.165) is 17.8 Å². The van der Waals surface area contributed by atoms with Crippen LogP contribution in [0.1, 0.15) is 0 Å². The summed E-state index contributed by atoms with van der Waals surface area (Å²) >= 11 is 6.73. The number of halogens is 3. The van der Waals surface area contributed by atoms with Gasteiger partial charge in [0.1, 0.15) is 11.6 Å². The quantitative estimate of drug-likeness (QED) is 0.336. The van der Waals surface area contributed by atoms with Gasteiger partial charge in [0.15, 0.2) is 5.16 Å². The predicted octanol–water partition coefficient (Wildman–Crippen LogP) is 5.05. The van der Waals surface area contributed by atoms with Crippen LogP contribution in [0.4, 0.5) is 14.5 Å². The summed E-state index contributed by atoms with van der Waals surface area (Å²) in [4.78, 5) is 30.0. The summed E-state index contributed by atoms with van der Waals surface area (Å²) in [5.41, 5.74) is 0.537. The van der Waals surface area contributed by atoms with Crippen molar-refractivity contribution in [3.8, 4) is 5.69 Å². The van der Waals surface area contributed by atoms with Crippen molar-refractivity contribution in [1.82, 2.24) is 9.55 Å². The fraction of sp³-hybridized carbons (Fsp3) is 0.0455. The number of rotatable bonds is 5.